The van der Waals surface area contributed by atoms with Gasteiger partial charge in [-0.1, -0.05) is 0 Å². The molecule has 1 aliphatic rings. The molecule has 8 nitrogen and oxygen atoms in total. The molecule has 0 aliphatic carbocycles. The lowest BCUT2D eigenvalue weighted by Gasteiger charge is -2.28. The number of hydrogen-bond donors (Lipinski definition) is 2. The highest BCUT2D eigenvalue weighted by atomic mass is 16.5. The fourth-order valence-corrected chi connectivity index (χ4v) is 2.18. The van der Waals surface area contributed by atoms with Crippen LogP contribution < -0.4 is 19.7 Å². The number of amides is 3. The molecule has 0 bridgehead atoms. The van der Waals surface area contributed by atoms with Crippen molar-refractivity contribution in [1.29, 1.82) is 0 Å². The highest BCUT2D eigenvalue weighted by molar-refractivity contribution is 6.06. The van der Waals surface area contributed by atoms with Gasteiger partial charge in [-0.3, -0.25) is 19.8 Å². The predicted molar refractivity (Wildman–Crippen MR) is 80.9 cm³/mol. The Balaban J connectivity index is 2.06. The van der Waals surface area contributed by atoms with Gasteiger partial charge in [0, 0.05) is 25.5 Å². The molecule has 1 fully saturated rings. The molecule has 2 rings (SSSR count). The Morgan fingerprint density at radius 1 is 1.39 bits per heavy atom. The van der Waals surface area contributed by atoms with Crippen LogP contribution in [0.15, 0.2) is 18.2 Å². The number of nitrogens with one attached hydrogen (secondary N) is 1. The van der Waals surface area contributed by atoms with Crippen LogP contribution in [0.2, 0.25) is 0 Å². The van der Waals surface area contributed by atoms with Crippen LogP contribution in [-0.2, 0) is 9.59 Å². The van der Waals surface area contributed by atoms with Gasteiger partial charge in [0.05, 0.1) is 19.4 Å². The number of carboxylic acid groups (broad SMARTS) is 1. The molecule has 0 unspecified atom stereocenters. The fraction of sp³-hybridized carbons (Fsp3) is 0.400. The number of anilines is 1. The lowest BCUT2D eigenvalue weighted by atomic mass is 10.2. The maximum Gasteiger partial charge on any atom is 0.328 e. The molecule has 0 radical (unpaired) electrons. The molecular weight excluding hydrogens is 304 g/mol. The third-order valence-corrected chi connectivity index (χ3v) is 3.30. The summed E-state index contributed by atoms with van der Waals surface area (Å²) >= 11 is 0. The van der Waals surface area contributed by atoms with Gasteiger partial charge in [-0.15, -0.1) is 0 Å². The molecule has 0 aromatic heterocycles. The smallest absolute Gasteiger partial charge is 0.328 e. The number of methoxy groups -OCH3 is 1. The van der Waals surface area contributed by atoms with E-state index in [9.17, 15) is 14.4 Å². The van der Waals surface area contributed by atoms with Crippen molar-refractivity contribution in [1.82, 2.24) is 5.32 Å². The van der Waals surface area contributed by atoms with Crippen molar-refractivity contribution in [2.75, 3.05) is 25.2 Å². The Bertz CT molecular complexity index is 616. The van der Waals surface area contributed by atoms with Crippen molar-refractivity contribution >= 4 is 23.6 Å². The monoisotopic (exact) mass is 322 g/mol. The average Bonchev–Trinajstić information content (AvgIpc) is 2.51. The van der Waals surface area contributed by atoms with Crippen LogP contribution in [0, 0.1) is 0 Å². The zero-order chi connectivity index (χ0) is 16.8. The SMILES string of the molecule is COc1cc(OCCCC(=O)O)ccc1N1CCC(=O)NC1=O. The van der Waals surface area contributed by atoms with Gasteiger partial charge in [-0.2, -0.15) is 0 Å². The van der Waals surface area contributed by atoms with Gasteiger partial charge in [0.1, 0.15) is 11.5 Å². The van der Waals surface area contributed by atoms with E-state index in [4.69, 9.17) is 14.6 Å². The van der Waals surface area contributed by atoms with Gasteiger partial charge >= 0.3 is 12.0 Å². The first kappa shape index (κ1) is 16.6. The topological polar surface area (TPSA) is 105 Å². The molecule has 1 aliphatic heterocycles. The van der Waals surface area contributed by atoms with E-state index in [0.29, 0.717) is 23.6 Å². The first-order valence-corrected chi connectivity index (χ1v) is 7.15. The molecule has 1 saturated heterocycles. The van der Waals surface area contributed by atoms with Crippen LogP contribution >= 0.6 is 0 Å². The van der Waals surface area contributed by atoms with Gasteiger partial charge in [-0.25, -0.2) is 4.79 Å². The highest BCUT2D eigenvalue weighted by Gasteiger charge is 2.26. The lowest BCUT2D eigenvalue weighted by molar-refractivity contribution is -0.137. The molecule has 1 aromatic rings. The second-order valence-electron chi connectivity index (χ2n) is 4.93. The van der Waals surface area contributed by atoms with Crippen molar-refractivity contribution in [2.45, 2.75) is 19.3 Å². The van der Waals surface area contributed by atoms with E-state index in [2.05, 4.69) is 5.32 Å². The van der Waals surface area contributed by atoms with E-state index < -0.39 is 12.0 Å². The number of nitrogens with zero attached hydrogens (tertiary/aromatic N) is 1. The number of hydrogen-bond acceptors (Lipinski definition) is 5. The molecule has 0 saturated carbocycles. The second kappa shape index (κ2) is 7.48. The number of urea groups is 1. The molecule has 0 spiro atoms. The number of carbonyl (C=O) groups is 3. The van der Waals surface area contributed by atoms with Crippen molar-refractivity contribution in [3.05, 3.63) is 18.2 Å². The number of carbonyl (C=O) groups excluding carboxylic acids is 2. The van der Waals surface area contributed by atoms with Crippen LogP contribution in [-0.4, -0.2) is 43.3 Å². The molecule has 2 N–H and O–H groups in total. The van der Waals surface area contributed by atoms with Crippen molar-refractivity contribution in [3.63, 3.8) is 0 Å². The van der Waals surface area contributed by atoms with Crippen LogP contribution in [0.25, 0.3) is 0 Å². The number of carboxylic acids is 1. The third-order valence-electron chi connectivity index (χ3n) is 3.30. The largest absolute Gasteiger partial charge is 0.494 e. The van der Waals surface area contributed by atoms with Gasteiger partial charge < -0.3 is 14.6 Å². The maximum atomic E-state index is 11.9. The molecule has 23 heavy (non-hydrogen) atoms. The standard InChI is InChI=1S/C15H18N2O6/c1-22-12-9-10(23-8-2-3-14(19)20)4-5-11(12)17-7-6-13(18)16-15(17)21/h4-5,9H,2-3,6-8H2,1H3,(H,19,20)(H,16,18,21). The summed E-state index contributed by atoms with van der Waals surface area (Å²) in [5.41, 5.74) is 0.537. The summed E-state index contributed by atoms with van der Waals surface area (Å²) < 4.78 is 10.7. The van der Waals surface area contributed by atoms with Crippen molar-refractivity contribution < 1.29 is 29.0 Å². The predicted octanol–water partition coefficient (Wildman–Crippen LogP) is 1.39. The van der Waals surface area contributed by atoms with E-state index in [1.807, 2.05) is 0 Å². The van der Waals surface area contributed by atoms with E-state index >= 15 is 0 Å². The summed E-state index contributed by atoms with van der Waals surface area (Å²) in [6.07, 6.45) is 0.662. The Hall–Kier alpha value is -2.77. The van der Waals surface area contributed by atoms with Crippen LogP contribution in [0.5, 0.6) is 11.5 Å². The van der Waals surface area contributed by atoms with Gasteiger partial charge in [0.2, 0.25) is 5.91 Å². The number of imide groups is 1. The van der Waals surface area contributed by atoms with Crippen LogP contribution in [0.4, 0.5) is 10.5 Å². The number of aliphatic carboxylic acids is 1. The summed E-state index contributed by atoms with van der Waals surface area (Å²) in [6.45, 7) is 0.549. The second-order valence-corrected chi connectivity index (χ2v) is 4.93. The lowest BCUT2D eigenvalue weighted by Crippen LogP contribution is -2.49. The number of rotatable bonds is 7. The van der Waals surface area contributed by atoms with Crippen molar-refractivity contribution in [3.8, 4) is 11.5 Å². The van der Waals surface area contributed by atoms with Crippen LogP contribution in [0.3, 0.4) is 0 Å². The normalized spacial score (nSPS) is 14.4. The van der Waals surface area contributed by atoms with Gasteiger partial charge in [0.25, 0.3) is 0 Å². The van der Waals surface area contributed by atoms with Gasteiger partial charge in [-0.05, 0) is 18.6 Å². The van der Waals surface area contributed by atoms with Gasteiger partial charge in [0.15, 0.2) is 0 Å². The Morgan fingerprint density at radius 2 is 2.17 bits per heavy atom. The average molecular weight is 322 g/mol. The van der Waals surface area contributed by atoms with Crippen molar-refractivity contribution in [2.24, 2.45) is 0 Å². The summed E-state index contributed by atoms with van der Waals surface area (Å²) in [5, 5.41) is 10.8. The first-order valence-electron chi connectivity index (χ1n) is 7.15. The zero-order valence-corrected chi connectivity index (χ0v) is 12.7. The molecular formula is C15H18N2O6. The minimum atomic E-state index is -0.868. The van der Waals surface area contributed by atoms with Crippen LogP contribution in [0.1, 0.15) is 19.3 Å². The Kier molecular flexibility index (Phi) is 5.40. The number of ether oxygens (including phenoxy) is 2. The minimum Gasteiger partial charge on any atom is -0.494 e. The zero-order valence-electron chi connectivity index (χ0n) is 12.7. The summed E-state index contributed by atoms with van der Waals surface area (Å²) in [7, 11) is 1.47. The molecule has 124 valence electrons. The number of benzene rings is 1. The van der Waals surface area contributed by atoms with E-state index in [1.54, 1.807) is 18.2 Å². The maximum absolute atomic E-state index is 11.9. The Labute approximate surface area is 133 Å². The minimum absolute atomic E-state index is 0.0389. The highest BCUT2D eigenvalue weighted by Crippen LogP contribution is 2.33. The van der Waals surface area contributed by atoms with E-state index in [1.165, 1.54) is 12.0 Å². The van der Waals surface area contributed by atoms with E-state index in [0.717, 1.165) is 0 Å². The third kappa shape index (κ3) is 4.35. The Morgan fingerprint density at radius 3 is 2.83 bits per heavy atom. The fourth-order valence-electron chi connectivity index (χ4n) is 2.18. The molecule has 8 heteroatoms. The summed E-state index contributed by atoms with van der Waals surface area (Å²) in [4.78, 5) is 35.0. The van der Waals surface area contributed by atoms with E-state index in [-0.39, 0.29) is 31.9 Å². The molecule has 1 heterocycles. The molecule has 0 atom stereocenters. The molecule has 1 aromatic carbocycles. The quantitative estimate of drug-likeness (QED) is 0.735. The summed E-state index contributed by atoms with van der Waals surface area (Å²) in [5.74, 6) is -0.217. The first-order chi connectivity index (χ1) is 11.0. The summed E-state index contributed by atoms with van der Waals surface area (Å²) in [6, 6.07) is 4.47. The molecule has 3 amide bonds.